The summed E-state index contributed by atoms with van der Waals surface area (Å²) in [5.74, 6) is -1.46. The summed E-state index contributed by atoms with van der Waals surface area (Å²) in [6, 6.07) is 6.14. The maximum atomic E-state index is 12.6. The highest BCUT2D eigenvalue weighted by Gasteiger charge is 2.39. The summed E-state index contributed by atoms with van der Waals surface area (Å²) in [5.41, 5.74) is 5.44. The minimum absolute atomic E-state index is 0.0280. The molecule has 1 unspecified atom stereocenters. The smallest absolute Gasteiger partial charge is 0.330 e. The molecule has 0 aliphatic rings. The second-order valence-corrected chi connectivity index (χ2v) is 4.14. The van der Waals surface area contributed by atoms with Crippen molar-refractivity contribution in [2.45, 2.75) is 18.5 Å². The van der Waals surface area contributed by atoms with Crippen LogP contribution in [0.1, 0.15) is 17.9 Å². The molecule has 15 heavy (non-hydrogen) atoms. The number of benzene rings is 1. The first-order valence-electron chi connectivity index (χ1n) is 4.47. The molecule has 84 valence electrons. The van der Waals surface area contributed by atoms with E-state index >= 15 is 0 Å². The Hall–Kier alpha value is -0.550. The predicted octanol–water partition coefficient (Wildman–Crippen LogP) is 3.44. The van der Waals surface area contributed by atoms with Crippen LogP contribution in [0.15, 0.2) is 28.7 Å². The average molecular weight is 282 g/mol. The van der Waals surface area contributed by atoms with E-state index < -0.39 is 12.1 Å². The standard InChI is InChI=1S/C10H11BrF3N/c11-8-3-1-7(2-4-8)9(5-6-15)10(12,13)14/h1-4,9H,5-6,15H2. The van der Waals surface area contributed by atoms with Crippen molar-refractivity contribution in [1.82, 2.24) is 0 Å². The predicted molar refractivity (Wildman–Crippen MR) is 56.6 cm³/mol. The van der Waals surface area contributed by atoms with Gasteiger partial charge in [0, 0.05) is 4.47 Å². The maximum Gasteiger partial charge on any atom is 0.395 e. The normalized spacial score (nSPS) is 13.9. The van der Waals surface area contributed by atoms with Crippen LogP contribution in [0.5, 0.6) is 0 Å². The molecule has 0 aliphatic heterocycles. The number of nitrogens with two attached hydrogens (primary N) is 1. The van der Waals surface area contributed by atoms with Gasteiger partial charge >= 0.3 is 6.18 Å². The van der Waals surface area contributed by atoms with Crippen LogP contribution in [-0.2, 0) is 0 Å². The van der Waals surface area contributed by atoms with Crippen molar-refractivity contribution >= 4 is 15.9 Å². The summed E-state index contributed by atoms with van der Waals surface area (Å²) in [5, 5.41) is 0. The molecule has 1 aromatic rings. The van der Waals surface area contributed by atoms with Crippen molar-refractivity contribution in [1.29, 1.82) is 0 Å². The van der Waals surface area contributed by atoms with E-state index in [0.717, 1.165) is 4.47 Å². The molecular weight excluding hydrogens is 271 g/mol. The van der Waals surface area contributed by atoms with E-state index in [-0.39, 0.29) is 18.5 Å². The van der Waals surface area contributed by atoms with Crippen molar-refractivity contribution in [2.75, 3.05) is 6.54 Å². The van der Waals surface area contributed by atoms with Gasteiger partial charge in [0.15, 0.2) is 0 Å². The third-order valence-electron chi connectivity index (χ3n) is 2.12. The largest absolute Gasteiger partial charge is 0.395 e. The molecule has 0 heterocycles. The number of alkyl halides is 3. The summed E-state index contributed by atoms with van der Waals surface area (Å²) >= 11 is 3.18. The van der Waals surface area contributed by atoms with Gasteiger partial charge in [-0.15, -0.1) is 0 Å². The molecule has 0 spiro atoms. The molecule has 1 nitrogen and oxygen atoms in total. The van der Waals surface area contributed by atoms with Crippen molar-refractivity contribution in [3.05, 3.63) is 34.3 Å². The highest BCUT2D eigenvalue weighted by atomic mass is 79.9. The first-order valence-corrected chi connectivity index (χ1v) is 5.26. The van der Waals surface area contributed by atoms with Gasteiger partial charge in [-0.3, -0.25) is 0 Å². The first kappa shape index (κ1) is 12.5. The Morgan fingerprint density at radius 3 is 2.13 bits per heavy atom. The van der Waals surface area contributed by atoms with Gasteiger partial charge in [-0.25, -0.2) is 0 Å². The molecule has 0 fully saturated rings. The van der Waals surface area contributed by atoms with Gasteiger partial charge < -0.3 is 5.73 Å². The molecule has 2 N–H and O–H groups in total. The Morgan fingerprint density at radius 1 is 1.20 bits per heavy atom. The Bertz CT molecular complexity index is 307. The molecule has 5 heteroatoms. The highest BCUT2D eigenvalue weighted by Crippen LogP contribution is 2.37. The fourth-order valence-electron chi connectivity index (χ4n) is 1.38. The van der Waals surface area contributed by atoms with E-state index in [1.807, 2.05) is 0 Å². The van der Waals surface area contributed by atoms with E-state index in [9.17, 15) is 13.2 Å². The van der Waals surface area contributed by atoms with E-state index in [1.54, 1.807) is 12.1 Å². The second-order valence-electron chi connectivity index (χ2n) is 3.22. The third kappa shape index (κ3) is 3.50. The minimum Gasteiger partial charge on any atom is -0.330 e. The van der Waals surface area contributed by atoms with Gasteiger partial charge in [0.25, 0.3) is 0 Å². The Labute approximate surface area is 94.6 Å². The molecule has 1 aromatic carbocycles. The quantitative estimate of drug-likeness (QED) is 0.902. The van der Waals surface area contributed by atoms with Gasteiger partial charge in [-0.1, -0.05) is 28.1 Å². The van der Waals surface area contributed by atoms with Gasteiger partial charge in [-0.2, -0.15) is 13.2 Å². The lowest BCUT2D eigenvalue weighted by molar-refractivity contribution is -0.151. The zero-order valence-electron chi connectivity index (χ0n) is 7.89. The van der Waals surface area contributed by atoms with E-state index in [1.165, 1.54) is 12.1 Å². The zero-order chi connectivity index (χ0) is 11.5. The molecule has 0 amide bonds. The number of halogens is 4. The summed E-state index contributed by atoms with van der Waals surface area (Å²) in [6.07, 6.45) is -4.31. The van der Waals surface area contributed by atoms with Crippen molar-refractivity contribution in [3.8, 4) is 0 Å². The third-order valence-corrected chi connectivity index (χ3v) is 2.65. The van der Waals surface area contributed by atoms with Crippen LogP contribution < -0.4 is 5.73 Å². The number of hydrogen-bond donors (Lipinski definition) is 1. The van der Waals surface area contributed by atoms with Gasteiger partial charge in [0.1, 0.15) is 0 Å². The average Bonchev–Trinajstić information content (AvgIpc) is 2.14. The molecule has 0 aliphatic carbocycles. The molecule has 0 saturated heterocycles. The van der Waals surface area contributed by atoms with Gasteiger partial charge in [-0.05, 0) is 30.7 Å². The molecule has 0 aromatic heterocycles. The molecule has 0 bridgehead atoms. The van der Waals surface area contributed by atoms with Crippen LogP contribution >= 0.6 is 15.9 Å². The van der Waals surface area contributed by atoms with Crippen LogP contribution in [0.2, 0.25) is 0 Å². The summed E-state index contributed by atoms with van der Waals surface area (Å²) in [4.78, 5) is 0. The lowest BCUT2D eigenvalue weighted by atomic mass is 9.95. The molecule has 1 atom stereocenters. The zero-order valence-corrected chi connectivity index (χ0v) is 9.48. The van der Waals surface area contributed by atoms with Crippen molar-refractivity contribution in [3.63, 3.8) is 0 Å². The van der Waals surface area contributed by atoms with Gasteiger partial charge in [0.2, 0.25) is 0 Å². The lowest BCUT2D eigenvalue weighted by Crippen LogP contribution is -2.23. The SMILES string of the molecule is NCCC(c1ccc(Br)cc1)C(F)(F)F. The Kier molecular flexibility index (Phi) is 4.16. The number of hydrogen-bond acceptors (Lipinski definition) is 1. The Morgan fingerprint density at radius 2 is 1.73 bits per heavy atom. The summed E-state index contributed by atoms with van der Waals surface area (Å²) in [7, 11) is 0. The topological polar surface area (TPSA) is 26.0 Å². The van der Waals surface area contributed by atoms with Crippen LogP contribution in [0.4, 0.5) is 13.2 Å². The fraction of sp³-hybridized carbons (Fsp3) is 0.400. The van der Waals surface area contributed by atoms with Crippen LogP contribution in [-0.4, -0.2) is 12.7 Å². The minimum atomic E-state index is -4.23. The monoisotopic (exact) mass is 281 g/mol. The maximum absolute atomic E-state index is 12.6. The van der Waals surface area contributed by atoms with Crippen molar-refractivity contribution in [2.24, 2.45) is 5.73 Å². The lowest BCUT2D eigenvalue weighted by Gasteiger charge is -2.19. The van der Waals surface area contributed by atoms with Crippen LogP contribution in [0.25, 0.3) is 0 Å². The Balaban J connectivity index is 2.94. The first-order chi connectivity index (χ1) is 6.95. The fourth-order valence-corrected chi connectivity index (χ4v) is 1.65. The van der Waals surface area contributed by atoms with Crippen molar-refractivity contribution < 1.29 is 13.2 Å². The molecule has 0 radical (unpaired) electrons. The van der Waals surface area contributed by atoms with E-state index in [4.69, 9.17) is 5.73 Å². The second kappa shape index (κ2) is 4.99. The molecule has 1 rings (SSSR count). The summed E-state index contributed by atoms with van der Waals surface area (Å²) < 4.78 is 38.6. The number of rotatable bonds is 3. The van der Waals surface area contributed by atoms with E-state index in [2.05, 4.69) is 15.9 Å². The van der Waals surface area contributed by atoms with E-state index in [0.29, 0.717) is 0 Å². The highest BCUT2D eigenvalue weighted by molar-refractivity contribution is 9.10. The van der Waals surface area contributed by atoms with Crippen LogP contribution in [0.3, 0.4) is 0 Å². The molecule has 0 saturated carbocycles. The van der Waals surface area contributed by atoms with Crippen LogP contribution in [0, 0.1) is 0 Å². The van der Waals surface area contributed by atoms with Gasteiger partial charge in [0.05, 0.1) is 5.92 Å². The molecular formula is C10H11BrF3N. The summed E-state index contributed by atoms with van der Waals surface area (Å²) in [6.45, 7) is 0.0280.